The Bertz CT molecular complexity index is 2750. The summed E-state index contributed by atoms with van der Waals surface area (Å²) in [6, 6.07) is 43.4. The van der Waals surface area contributed by atoms with E-state index in [9.17, 15) is 4.79 Å². The van der Waals surface area contributed by atoms with Crippen molar-refractivity contribution >= 4 is 51.3 Å². The number of likely N-dealkylation sites (N-methyl/N-ethyl adjacent to an activating group) is 2. The third-order valence-corrected chi connectivity index (χ3v) is 12.3. The predicted octanol–water partition coefficient (Wildman–Crippen LogP) is 8.05. The van der Waals surface area contributed by atoms with Crippen LogP contribution in [0.2, 0.25) is 0 Å². The number of carbonyl (C=O) groups is 1. The Morgan fingerprint density at radius 1 is 0.531 bits per heavy atom. The van der Waals surface area contributed by atoms with Crippen LogP contribution in [0.25, 0.3) is 33.8 Å². The number of primary amides is 1. The minimum Gasteiger partial charge on any atom is -0.412 e. The van der Waals surface area contributed by atoms with Gasteiger partial charge in [-0.1, -0.05) is 56.3 Å². The van der Waals surface area contributed by atoms with Crippen molar-refractivity contribution in [3.05, 3.63) is 158 Å². The second-order valence-corrected chi connectivity index (χ2v) is 16.0. The van der Waals surface area contributed by atoms with Crippen molar-refractivity contribution in [3.63, 3.8) is 0 Å². The zero-order chi connectivity index (χ0) is 43.1. The SMILES string of the molecule is CCN1CCN(c2ccc(Nc3ccc(-c4ccc(C(N)=O)cc4)n4ccnc34)cc2)CC1.CCN1CCN(c2ccc(Nc3ccc(-c4ccccc4)n4ccnc34)cc2)CC1.O. The molecule has 0 bridgehead atoms. The molecule has 2 aliphatic heterocycles. The van der Waals surface area contributed by atoms with Gasteiger partial charge in [0.1, 0.15) is 0 Å². The first-order valence-electron chi connectivity index (χ1n) is 22.0. The maximum Gasteiger partial charge on any atom is 0.248 e. The van der Waals surface area contributed by atoms with Crippen LogP contribution in [0.4, 0.5) is 34.1 Å². The van der Waals surface area contributed by atoms with Crippen LogP contribution in [0.3, 0.4) is 0 Å². The molecule has 1 amide bonds. The fraction of sp³-hybridized carbons (Fsp3) is 0.235. The number of nitrogens with one attached hydrogen (secondary N) is 2. The standard InChI is InChI=1S/C26H28N6O.C25H27N5.H2O/c1-2-30-15-17-31(18-16-30)22-9-7-21(8-10-22)29-23-11-12-24(32-14-13-28-26(23)32)19-3-5-20(6-4-19)25(27)33;1-2-28-16-18-29(19-17-28)22-10-8-21(9-11-22)27-23-12-13-24(20-6-4-3-5-7-20)30-15-14-26-25(23)30;/h3-14,29H,2,15-18H2,1H3,(H2,27,33);3-15,27H,2,16-19H2,1H3;1H2. The zero-order valence-corrected chi connectivity index (χ0v) is 36.6. The third-order valence-electron chi connectivity index (χ3n) is 12.3. The summed E-state index contributed by atoms with van der Waals surface area (Å²) in [5.41, 5.74) is 18.5. The normalized spacial score (nSPS) is 14.5. The fourth-order valence-electron chi connectivity index (χ4n) is 8.58. The molecule has 6 heterocycles. The van der Waals surface area contributed by atoms with Gasteiger partial charge in [-0.25, -0.2) is 9.97 Å². The molecule has 2 saturated heterocycles. The maximum atomic E-state index is 11.4. The van der Waals surface area contributed by atoms with E-state index >= 15 is 0 Å². The lowest BCUT2D eigenvalue weighted by Gasteiger charge is -2.35. The van der Waals surface area contributed by atoms with Crippen LogP contribution in [-0.2, 0) is 0 Å². The Balaban J connectivity index is 0.000000173. The first-order chi connectivity index (χ1) is 30.9. The van der Waals surface area contributed by atoms with Gasteiger partial charge in [0.05, 0.1) is 22.8 Å². The number of anilines is 6. The lowest BCUT2D eigenvalue weighted by atomic mass is 10.1. The molecule has 0 radical (unpaired) electrons. The summed E-state index contributed by atoms with van der Waals surface area (Å²) in [4.78, 5) is 30.4. The summed E-state index contributed by atoms with van der Waals surface area (Å²) in [5.74, 6) is -0.428. The third kappa shape index (κ3) is 9.57. The van der Waals surface area contributed by atoms with Gasteiger partial charge in [0, 0.05) is 105 Å². The summed E-state index contributed by atoms with van der Waals surface area (Å²) >= 11 is 0. The minimum absolute atomic E-state index is 0. The summed E-state index contributed by atoms with van der Waals surface area (Å²) < 4.78 is 4.18. The number of nitrogens with two attached hydrogens (primary N) is 1. The van der Waals surface area contributed by atoms with Gasteiger partial charge in [0.25, 0.3) is 0 Å². The van der Waals surface area contributed by atoms with Crippen molar-refractivity contribution in [2.75, 3.05) is 85.9 Å². The molecule has 0 spiro atoms. The Morgan fingerprint density at radius 2 is 0.953 bits per heavy atom. The quantitative estimate of drug-likeness (QED) is 0.118. The number of hydrogen-bond acceptors (Lipinski definition) is 9. The van der Waals surface area contributed by atoms with E-state index in [2.05, 4.69) is 149 Å². The minimum atomic E-state index is -0.428. The van der Waals surface area contributed by atoms with Gasteiger partial charge in [-0.3, -0.25) is 13.6 Å². The molecular weight excluding hydrogens is 799 g/mol. The van der Waals surface area contributed by atoms with Gasteiger partial charge in [0.2, 0.25) is 5.91 Å². The first-order valence-corrected chi connectivity index (χ1v) is 22.0. The van der Waals surface area contributed by atoms with Gasteiger partial charge in [0.15, 0.2) is 11.3 Å². The average molecular weight is 856 g/mol. The van der Waals surface area contributed by atoms with Gasteiger partial charge < -0.3 is 41.4 Å². The van der Waals surface area contributed by atoms with Crippen molar-refractivity contribution in [3.8, 4) is 22.5 Å². The van der Waals surface area contributed by atoms with Crippen LogP contribution in [0.15, 0.2) is 152 Å². The highest BCUT2D eigenvalue weighted by Gasteiger charge is 2.18. The molecule has 4 aromatic heterocycles. The average Bonchev–Trinajstić information content (AvgIpc) is 4.05. The molecule has 13 nitrogen and oxygen atoms in total. The van der Waals surface area contributed by atoms with E-state index in [1.54, 1.807) is 18.3 Å². The lowest BCUT2D eigenvalue weighted by Crippen LogP contribution is -2.46. The van der Waals surface area contributed by atoms with Gasteiger partial charge in [-0.05, 0) is 109 Å². The van der Waals surface area contributed by atoms with Crippen molar-refractivity contribution in [2.45, 2.75) is 13.8 Å². The Hall–Kier alpha value is -7.19. The van der Waals surface area contributed by atoms with Crippen LogP contribution in [0.1, 0.15) is 24.2 Å². The second kappa shape index (κ2) is 19.9. The zero-order valence-electron chi connectivity index (χ0n) is 36.6. The Labute approximate surface area is 374 Å². The van der Waals surface area contributed by atoms with E-state index in [1.165, 1.54) is 16.9 Å². The number of amides is 1. The highest BCUT2D eigenvalue weighted by Crippen LogP contribution is 2.31. The lowest BCUT2D eigenvalue weighted by molar-refractivity contribution is 0.1000. The molecule has 0 unspecified atom stereocenters. The summed E-state index contributed by atoms with van der Waals surface area (Å²) in [6.07, 6.45) is 7.60. The first kappa shape index (κ1) is 43.5. The van der Waals surface area contributed by atoms with Gasteiger partial charge >= 0.3 is 0 Å². The largest absolute Gasteiger partial charge is 0.412 e. The molecule has 2 aliphatic rings. The molecule has 328 valence electrons. The summed E-state index contributed by atoms with van der Waals surface area (Å²) in [5, 5.41) is 7.06. The fourth-order valence-corrected chi connectivity index (χ4v) is 8.58. The van der Waals surface area contributed by atoms with Crippen LogP contribution in [0, 0.1) is 0 Å². The number of imidazole rings is 2. The highest BCUT2D eigenvalue weighted by atomic mass is 16.1. The van der Waals surface area contributed by atoms with Gasteiger partial charge in [-0.15, -0.1) is 0 Å². The van der Waals surface area contributed by atoms with Crippen LogP contribution >= 0.6 is 0 Å². The molecule has 64 heavy (non-hydrogen) atoms. The second-order valence-electron chi connectivity index (χ2n) is 16.0. The number of piperazine rings is 2. The number of hydrogen-bond donors (Lipinski definition) is 3. The number of pyridine rings is 2. The predicted molar refractivity (Wildman–Crippen MR) is 261 cm³/mol. The highest BCUT2D eigenvalue weighted by molar-refractivity contribution is 5.93. The van der Waals surface area contributed by atoms with E-state index in [0.29, 0.717) is 5.56 Å². The molecule has 8 aromatic rings. The number of rotatable bonds is 11. The maximum absolute atomic E-state index is 11.4. The van der Waals surface area contributed by atoms with Crippen LogP contribution in [-0.4, -0.2) is 105 Å². The molecule has 13 heteroatoms. The molecule has 4 aromatic carbocycles. The molecule has 10 rings (SSSR count). The topological polar surface area (TPSA) is 146 Å². The van der Waals surface area contributed by atoms with E-state index in [0.717, 1.165) is 116 Å². The van der Waals surface area contributed by atoms with Crippen LogP contribution in [0.5, 0.6) is 0 Å². The van der Waals surface area contributed by atoms with Crippen molar-refractivity contribution in [2.24, 2.45) is 5.73 Å². The van der Waals surface area contributed by atoms with Crippen molar-refractivity contribution < 1.29 is 10.3 Å². The van der Waals surface area contributed by atoms with Crippen LogP contribution < -0.4 is 26.2 Å². The molecular formula is C51H57N11O2. The van der Waals surface area contributed by atoms with Crippen molar-refractivity contribution in [1.82, 2.24) is 28.6 Å². The molecule has 0 saturated carbocycles. The Kier molecular flexibility index (Phi) is 13.5. The smallest absolute Gasteiger partial charge is 0.248 e. The molecule has 0 atom stereocenters. The number of nitrogens with zero attached hydrogens (tertiary/aromatic N) is 8. The van der Waals surface area contributed by atoms with E-state index in [4.69, 9.17) is 5.73 Å². The monoisotopic (exact) mass is 855 g/mol. The summed E-state index contributed by atoms with van der Waals surface area (Å²) in [7, 11) is 0. The number of fused-ring (bicyclic) bond motifs is 2. The van der Waals surface area contributed by atoms with E-state index < -0.39 is 5.91 Å². The number of aromatic nitrogens is 4. The molecule has 2 fully saturated rings. The Morgan fingerprint density at radius 3 is 1.36 bits per heavy atom. The summed E-state index contributed by atoms with van der Waals surface area (Å²) in [6.45, 7) is 15.6. The van der Waals surface area contributed by atoms with E-state index in [-0.39, 0.29) is 5.48 Å². The number of benzene rings is 4. The van der Waals surface area contributed by atoms with E-state index in [1.807, 2.05) is 47.3 Å². The molecule has 0 aliphatic carbocycles. The van der Waals surface area contributed by atoms with Gasteiger partial charge in [-0.2, -0.15) is 0 Å². The number of carbonyl (C=O) groups excluding carboxylic acids is 1. The van der Waals surface area contributed by atoms with Crippen molar-refractivity contribution in [1.29, 1.82) is 0 Å². The molecule has 6 N–H and O–H groups in total.